The van der Waals surface area contributed by atoms with Crippen LogP contribution in [0.1, 0.15) is 39.5 Å². The molecule has 0 spiro atoms. The highest BCUT2D eigenvalue weighted by atomic mass is 16.4. The standard InChI is InChI=1S/C11H19NO3/c1-3-5-8(2)10(13)12-7-4-6-9(12)11(14)15/h8-9H,3-7H2,1-2H3,(H,14,15). The fourth-order valence-corrected chi connectivity index (χ4v) is 2.13. The molecule has 0 aromatic carbocycles. The molecule has 0 radical (unpaired) electrons. The number of aliphatic carboxylic acids is 1. The van der Waals surface area contributed by atoms with Crippen LogP contribution in [0.2, 0.25) is 0 Å². The lowest BCUT2D eigenvalue weighted by atomic mass is 10.0. The van der Waals surface area contributed by atoms with Crippen molar-refractivity contribution in [3.8, 4) is 0 Å². The number of carboxylic acids is 1. The van der Waals surface area contributed by atoms with Gasteiger partial charge in [0, 0.05) is 12.5 Å². The van der Waals surface area contributed by atoms with Crippen molar-refractivity contribution in [1.82, 2.24) is 4.90 Å². The molecule has 1 saturated heterocycles. The molecule has 4 nitrogen and oxygen atoms in total. The van der Waals surface area contributed by atoms with E-state index in [-0.39, 0.29) is 11.8 Å². The predicted octanol–water partition coefficient (Wildman–Crippen LogP) is 1.50. The van der Waals surface area contributed by atoms with E-state index in [2.05, 4.69) is 0 Å². The first-order valence-electron chi connectivity index (χ1n) is 5.61. The van der Waals surface area contributed by atoms with E-state index in [1.807, 2.05) is 13.8 Å². The quantitative estimate of drug-likeness (QED) is 0.769. The van der Waals surface area contributed by atoms with Crippen molar-refractivity contribution in [1.29, 1.82) is 0 Å². The van der Waals surface area contributed by atoms with Crippen molar-refractivity contribution >= 4 is 11.9 Å². The lowest BCUT2D eigenvalue weighted by Gasteiger charge is -2.24. The molecular weight excluding hydrogens is 194 g/mol. The van der Waals surface area contributed by atoms with Crippen LogP contribution in [0.25, 0.3) is 0 Å². The molecule has 1 fully saturated rings. The Labute approximate surface area is 90.3 Å². The number of carbonyl (C=O) groups is 2. The molecule has 0 aliphatic carbocycles. The van der Waals surface area contributed by atoms with E-state index in [0.717, 1.165) is 19.3 Å². The van der Waals surface area contributed by atoms with Crippen molar-refractivity contribution < 1.29 is 14.7 Å². The number of hydrogen-bond acceptors (Lipinski definition) is 2. The van der Waals surface area contributed by atoms with Gasteiger partial charge in [0.25, 0.3) is 0 Å². The molecular formula is C11H19NO3. The van der Waals surface area contributed by atoms with E-state index in [9.17, 15) is 9.59 Å². The zero-order chi connectivity index (χ0) is 11.4. The molecule has 1 N–H and O–H groups in total. The highest BCUT2D eigenvalue weighted by Gasteiger charge is 2.35. The van der Waals surface area contributed by atoms with E-state index in [1.165, 1.54) is 4.90 Å². The van der Waals surface area contributed by atoms with Crippen LogP contribution < -0.4 is 0 Å². The molecule has 2 atom stereocenters. The van der Waals surface area contributed by atoms with Crippen LogP contribution in [-0.4, -0.2) is 34.5 Å². The highest BCUT2D eigenvalue weighted by molar-refractivity contribution is 5.85. The molecule has 0 saturated carbocycles. The summed E-state index contributed by atoms with van der Waals surface area (Å²) in [4.78, 5) is 24.3. The van der Waals surface area contributed by atoms with Crippen LogP contribution in [0.3, 0.4) is 0 Å². The minimum absolute atomic E-state index is 0.00162. The van der Waals surface area contributed by atoms with Crippen LogP contribution in [0.15, 0.2) is 0 Å². The normalized spacial score (nSPS) is 22.8. The van der Waals surface area contributed by atoms with Crippen LogP contribution in [0, 0.1) is 5.92 Å². The van der Waals surface area contributed by atoms with Crippen molar-refractivity contribution in [3.05, 3.63) is 0 Å². The molecule has 15 heavy (non-hydrogen) atoms. The van der Waals surface area contributed by atoms with E-state index in [1.54, 1.807) is 0 Å². The summed E-state index contributed by atoms with van der Waals surface area (Å²) < 4.78 is 0. The first kappa shape index (κ1) is 12.0. The second kappa shape index (κ2) is 5.14. The first-order chi connectivity index (χ1) is 7.07. The van der Waals surface area contributed by atoms with Crippen LogP contribution in [0.4, 0.5) is 0 Å². The topological polar surface area (TPSA) is 57.6 Å². The number of rotatable bonds is 4. The van der Waals surface area contributed by atoms with Crippen LogP contribution in [0.5, 0.6) is 0 Å². The fourth-order valence-electron chi connectivity index (χ4n) is 2.13. The van der Waals surface area contributed by atoms with Gasteiger partial charge in [0.1, 0.15) is 6.04 Å². The first-order valence-corrected chi connectivity index (χ1v) is 5.61. The van der Waals surface area contributed by atoms with Crippen molar-refractivity contribution in [2.45, 2.75) is 45.6 Å². The van der Waals surface area contributed by atoms with Gasteiger partial charge in [-0.15, -0.1) is 0 Å². The molecule has 86 valence electrons. The molecule has 1 heterocycles. The Bertz CT molecular complexity index is 252. The zero-order valence-electron chi connectivity index (χ0n) is 9.40. The lowest BCUT2D eigenvalue weighted by molar-refractivity contribution is -0.149. The molecule has 0 bridgehead atoms. The number of likely N-dealkylation sites (tertiary alicyclic amines) is 1. The van der Waals surface area contributed by atoms with Crippen molar-refractivity contribution in [3.63, 3.8) is 0 Å². The second-order valence-corrected chi connectivity index (χ2v) is 4.22. The molecule has 0 aromatic heterocycles. The lowest BCUT2D eigenvalue weighted by Crippen LogP contribution is -2.42. The van der Waals surface area contributed by atoms with Gasteiger partial charge in [0.2, 0.25) is 5.91 Å². The Morgan fingerprint density at radius 3 is 2.73 bits per heavy atom. The molecule has 2 unspecified atom stereocenters. The van der Waals surface area contributed by atoms with Gasteiger partial charge < -0.3 is 10.0 Å². The van der Waals surface area contributed by atoms with Gasteiger partial charge >= 0.3 is 5.97 Å². The Balaban J connectivity index is 2.62. The van der Waals surface area contributed by atoms with Gasteiger partial charge in [0.05, 0.1) is 0 Å². The van der Waals surface area contributed by atoms with E-state index in [4.69, 9.17) is 5.11 Å². The summed E-state index contributed by atoms with van der Waals surface area (Å²) in [6.45, 7) is 4.51. The van der Waals surface area contributed by atoms with Crippen molar-refractivity contribution in [2.24, 2.45) is 5.92 Å². The second-order valence-electron chi connectivity index (χ2n) is 4.22. The third-order valence-electron chi connectivity index (χ3n) is 2.96. The molecule has 4 heteroatoms. The van der Waals surface area contributed by atoms with Crippen LogP contribution >= 0.6 is 0 Å². The monoisotopic (exact) mass is 213 g/mol. The maximum atomic E-state index is 11.9. The van der Waals surface area contributed by atoms with Gasteiger partial charge in [-0.05, 0) is 19.3 Å². The number of carboxylic acid groups (broad SMARTS) is 1. The van der Waals surface area contributed by atoms with Crippen LogP contribution in [-0.2, 0) is 9.59 Å². The maximum absolute atomic E-state index is 11.9. The number of carbonyl (C=O) groups excluding carboxylic acids is 1. The summed E-state index contributed by atoms with van der Waals surface area (Å²) in [5.41, 5.74) is 0. The molecule has 0 aromatic rings. The summed E-state index contributed by atoms with van der Waals surface area (Å²) in [5, 5.41) is 8.95. The largest absolute Gasteiger partial charge is 0.480 e. The van der Waals surface area contributed by atoms with Gasteiger partial charge in [0.15, 0.2) is 0 Å². The third-order valence-corrected chi connectivity index (χ3v) is 2.96. The predicted molar refractivity (Wildman–Crippen MR) is 56.4 cm³/mol. The number of amides is 1. The van der Waals surface area contributed by atoms with Crippen molar-refractivity contribution in [2.75, 3.05) is 6.54 Å². The van der Waals surface area contributed by atoms with Gasteiger partial charge in [-0.3, -0.25) is 4.79 Å². The molecule has 1 aliphatic heterocycles. The third kappa shape index (κ3) is 2.70. The van der Waals surface area contributed by atoms with E-state index in [0.29, 0.717) is 13.0 Å². The Morgan fingerprint density at radius 2 is 2.20 bits per heavy atom. The molecule has 1 aliphatic rings. The average Bonchev–Trinajstić information content (AvgIpc) is 2.65. The zero-order valence-corrected chi connectivity index (χ0v) is 9.40. The van der Waals surface area contributed by atoms with Gasteiger partial charge in [-0.25, -0.2) is 4.79 Å². The summed E-state index contributed by atoms with van der Waals surface area (Å²) in [7, 11) is 0. The highest BCUT2D eigenvalue weighted by Crippen LogP contribution is 2.21. The summed E-state index contributed by atoms with van der Waals surface area (Å²) >= 11 is 0. The summed E-state index contributed by atoms with van der Waals surface area (Å²) in [6, 6.07) is -0.586. The van der Waals surface area contributed by atoms with Gasteiger partial charge in [-0.1, -0.05) is 20.3 Å². The number of nitrogens with zero attached hydrogens (tertiary/aromatic N) is 1. The minimum atomic E-state index is -0.871. The Kier molecular flexibility index (Phi) is 4.12. The summed E-state index contributed by atoms with van der Waals surface area (Å²) in [6.07, 6.45) is 3.20. The van der Waals surface area contributed by atoms with Gasteiger partial charge in [-0.2, -0.15) is 0 Å². The molecule has 1 rings (SSSR count). The maximum Gasteiger partial charge on any atom is 0.326 e. The smallest absolute Gasteiger partial charge is 0.326 e. The van der Waals surface area contributed by atoms with E-state index >= 15 is 0 Å². The Morgan fingerprint density at radius 1 is 1.53 bits per heavy atom. The SMILES string of the molecule is CCCC(C)C(=O)N1CCCC1C(=O)O. The average molecular weight is 213 g/mol. The number of hydrogen-bond donors (Lipinski definition) is 1. The molecule has 1 amide bonds. The minimum Gasteiger partial charge on any atom is -0.480 e. The van der Waals surface area contributed by atoms with E-state index < -0.39 is 12.0 Å². The Hall–Kier alpha value is -1.06. The fraction of sp³-hybridized carbons (Fsp3) is 0.818. The summed E-state index contributed by atoms with van der Waals surface area (Å²) in [5.74, 6) is -0.916.